The van der Waals surface area contributed by atoms with Gasteiger partial charge in [0.25, 0.3) is 5.56 Å². The summed E-state index contributed by atoms with van der Waals surface area (Å²) in [5.41, 5.74) is 5.88. The summed E-state index contributed by atoms with van der Waals surface area (Å²) in [7, 11) is 0. The van der Waals surface area contributed by atoms with Crippen LogP contribution in [-0.2, 0) is 0 Å². The molecular formula is C14H21N3O2. The quantitative estimate of drug-likeness (QED) is 0.854. The van der Waals surface area contributed by atoms with E-state index in [1.54, 1.807) is 0 Å². The molecule has 0 amide bonds. The van der Waals surface area contributed by atoms with Crippen molar-refractivity contribution in [3.8, 4) is 5.88 Å². The summed E-state index contributed by atoms with van der Waals surface area (Å²) in [6.45, 7) is 6.93. The Hall–Kier alpha value is -1.52. The monoisotopic (exact) mass is 263 g/mol. The van der Waals surface area contributed by atoms with Crippen LogP contribution in [-0.4, -0.2) is 16.1 Å². The largest absolute Gasteiger partial charge is 0.472 e. The van der Waals surface area contributed by atoms with Crippen LogP contribution in [0.25, 0.3) is 0 Å². The summed E-state index contributed by atoms with van der Waals surface area (Å²) in [4.78, 5) is 18.0. The molecule has 2 saturated carbocycles. The third kappa shape index (κ3) is 1.53. The lowest BCUT2D eigenvalue weighted by molar-refractivity contribution is 0.0277. The number of rotatable bonds is 2. The van der Waals surface area contributed by atoms with Crippen LogP contribution in [0.1, 0.15) is 40.0 Å². The molecule has 104 valence electrons. The Bertz CT molecular complexity index is 566. The summed E-state index contributed by atoms with van der Waals surface area (Å²) in [5, 5.41) is 0. The van der Waals surface area contributed by atoms with Crippen molar-refractivity contribution in [3.05, 3.63) is 16.7 Å². The first-order valence-electron chi connectivity index (χ1n) is 6.86. The van der Waals surface area contributed by atoms with Crippen LogP contribution in [0.4, 0.5) is 5.69 Å². The second-order valence-electron chi connectivity index (χ2n) is 6.67. The zero-order valence-corrected chi connectivity index (χ0v) is 11.7. The summed E-state index contributed by atoms with van der Waals surface area (Å²) in [6, 6.07) is 0. The Labute approximate surface area is 112 Å². The van der Waals surface area contributed by atoms with Crippen LogP contribution in [0.15, 0.2) is 11.1 Å². The van der Waals surface area contributed by atoms with Gasteiger partial charge >= 0.3 is 0 Å². The average molecular weight is 263 g/mol. The predicted molar refractivity (Wildman–Crippen MR) is 72.9 cm³/mol. The molecule has 0 aliphatic heterocycles. The number of aromatic amines is 1. The smallest absolute Gasteiger partial charge is 0.277 e. The van der Waals surface area contributed by atoms with Gasteiger partial charge in [0.2, 0.25) is 5.88 Å². The van der Waals surface area contributed by atoms with E-state index < -0.39 is 0 Å². The Morgan fingerprint density at radius 1 is 1.47 bits per heavy atom. The predicted octanol–water partition coefficient (Wildman–Crippen LogP) is 1.95. The highest BCUT2D eigenvalue weighted by atomic mass is 16.5. The van der Waals surface area contributed by atoms with Gasteiger partial charge < -0.3 is 15.5 Å². The molecule has 3 unspecified atom stereocenters. The zero-order chi connectivity index (χ0) is 13.8. The highest BCUT2D eigenvalue weighted by Gasteiger charge is 2.62. The van der Waals surface area contributed by atoms with Gasteiger partial charge in [-0.1, -0.05) is 20.8 Å². The number of fused-ring (bicyclic) bond motifs is 2. The minimum atomic E-state index is -0.336. The van der Waals surface area contributed by atoms with Crippen molar-refractivity contribution in [3.63, 3.8) is 0 Å². The van der Waals surface area contributed by atoms with Crippen molar-refractivity contribution in [1.82, 2.24) is 9.97 Å². The third-order valence-corrected chi connectivity index (χ3v) is 5.82. The van der Waals surface area contributed by atoms with E-state index in [9.17, 15) is 4.79 Å². The van der Waals surface area contributed by atoms with Crippen LogP contribution < -0.4 is 16.0 Å². The molecule has 0 saturated heterocycles. The molecule has 5 nitrogen and oxygen atoms in total. The Balaban J connectivity index is 1.90. The number of ether oxygens (including phenoxy) is 1. The summed E-state index contributed by atoms with van der Waals surface area (Å²) < 4.78 is 6.00. The fraction of sp³-hybridized carbons (Fsp3) is 0.714. The molecule has 19 heavy (non-hydrogen) atoms. The molecule has 3 rings (SSSR count). The number of hydrogen-bond donors (Lipinski definition) is 2. The Morgan fingerprint density at radius 2 is 2.21 bits per heavy atom. The molecule has 1 aromatic heterocycles. The number of hydrogen-bond acceptors (Lipinski definition) is 4. The first-order chi connectivity index (χ1) is 8.86. The molecule has 3 atom stereocenters. The first-order valence-corrected chi connectivity index (χ1v) is 6.86. The van der Waals surface area contributed by atoms with Gasteiger partial charge in [-0.05, 0) is 30.6 Å². The normalized spacial score (nSPS) is 35.5. The van der Waals surface area contributed by atoms with E-state index in [0.717, 1.165) is 6.42 Å². The van der Waals surface area contributed by atoms with Gasteiger partial charge in [0.15, 0.2) is 5.69 Å². The maximum atomic E-state index is 11.5. The van der Waals surface area contributed by atoms with Crippen molar-refractivity contribution in [1.29, 1.82) is 0 Å². The standard InChI is InChI=1S/C14H21N3O2/c1-13(2)8-4-5-14(13,3)9(6-8)19-12-10(15)11(18)16-7-17-12/h7-9H,4-6,15H2,1-3H3,(H,16,17,18). The molecular weight excluding hydrogens is 242 g/mol. The summed E-state index contributed by atoms with van der Waals surface area (Å²) >= 11 is 0. The maximum Gasteiger partial charge on any atom is 0.277 e. The van der Waals surface area contributed by atoms with Crippen molar-refractivity contribution in [2.75, 3.05) is 5.73 Å². The second-order valence-corrected chi connectivity index (χ2v) is 6.67. The third-order valence-electron chi connectivity index (χ3n) is 5.82. The van der Waals surface area contributed by atoms with Crippen molar-refractivity contribution >= 4 is 5.69 Å². The van der Waals surface area contributed by atoms with E-state index in [4.69, 9.17) is 10.5 Å². The van der Waals surface area contributed by atoms with E-state index in [1.165, 1.54) is 19.2 Å². The molecule has 5 heteroatoms. The Kier molecular flexibility index (Phi) is 2.46. The van der Waals surface area contributed by atoms with Crippen LogP contribution in [0.5, 0.6) is 5.88 Å². The molecule has 2 aliphatic rings. The second kappa shape index (κ2) is 3.74. The molecule has 1 heterocycles. The van der Waals surface area contributed by atoms with E-state index in [1.807, 2.05) is 0 Å². The van der Waals surface area contributed by atoms with Gasteiger partial charge in [-0.15, -0.1) is 0 Å². The maximum absolute atomic E-state index is 11.5. The fourth-order valence-electron chi connectivity index (χ4n) is 3.93. The summed E-state index contributed by atoms with van der Waals surface area (Å²) in [5.74, 6) is 0.962. The highest BCUT2D eigenvalue weighted by Crippen LogP contribution is 2.66. The fourth-order valence-corrected chi connectivity index (χ4v) is 3.93. The molecule has 0 aromatic carbocycles. The topological polar surface area (TPSA) is 81.0 Å². The summed E-state index contributed by atoms with van der Waals surface area (Å²) in [6.07, 6.45) is 4.89. The van der Waals surface area contributed by atoms with Crippen molar-refractivity contribution < 1.29 is 4.74 Å². The van der Waals surface area contributed by atoms with Crippen LogP contribution in [0, 0.1) is 16.7 Å². The molecule has 3 N–H and O–H groups in total. The number of nitrogens with one attached hydrogen (secondary N) is 1. The van der Waals surface area contributed by atoms with E-state index in [0.29, 0.717) is 5.92 Å². The Morgan fingerprint density at radius 3 is 2.79 bits per heavy atom. The number of nitrogens with two attached hydrogens (primary N) is 1. The van der Waals surface area contributed by atoms with Crippen molar-refractivity contribution in [2.45, 2.75) is 46.1 Å². The van der Waals surface area contributed by atoms with Crippen LogP contribution in [0.2, 0.25) is 0 Å². The minimum absolute atomic E-state index is 0.0756. The zero-order valence-electron chi connectivity index (χ0n) is 11.7. The molecule has 2 bridgehead atoms. The van der Waals surface area contributed by atoms with E-state index in [2.05, 4.69) is 30.7 Å². The SMILES string of the molecule is CC1(C)C2CCC1(C)C(Oc1nc[nH]c(=O)c1N)C2. The number of nitrogens with zero attached hydrogens (tertiary/aromatic N) is 1. The van der Waals surface area contributed by atoms with Gasteiger partial charge in [0, 0.05) is 5.41 Å². The van der Waals surface area contributed by atoms with E-state index >= 15 is 0 Å². The molecule has 2 fully saturated rings. The minimum Gasteiger partial charge on any atom is -0.472 e. The van der Waals surface area contributed by atoms with Crippen LogP contribution in [0.3, 0.4) is 0 Å². The number of aromatic nitrogens is 2. The molecule has 0 spiro atoms. The lowest BCUT2D eigenvalue weighted by atomic mass is 9.70. The lowest BCUT2D eigenvalue weighted by Crippen LogP contribution is -2.39. The average Bonchev–Trinajstić information content (AvgIpc) is 2.68. The van der Waals surface area contributed by atoms with Gasteiger partial charge in [-0.2, -0.15) is 0 Å². The van der Waals surface area contributed by atoms with Gasteiger partial charge in [-0.25, -0.2) is 4.98 Å². The van der Waals surface area contributed by atoms with E-state index in [-0.39, 0.29) is 34.1 Å². The highest BCUT2D eigenvalue weighted by molar-refractivity contribution is 5.45. The van der Waals surface area contributed by atoms with Crippen LogP contribution >= 0.6 is 0 Å². The molecule has 2 aliphatic carbocycles. The first kappa shape index (κ1) is 12.5. The molecule has 1 aromatic rings. The number of H-pyrrole nitrogens is 1. The van der Waals surface area contributed by atoms with Gasteiger partial charge in [0.05, 0.1) is 6.33 Å². The lowest BCUT2D eigenvalue weighted by Gasteiger charge is -2.38. The van der Waals surface area contributed by atoms with Gasteiger partial charge in [0.1, 0.15) is 6.10 Å². The molecule has 0 radical (unpaired) electrons. The number of nitrogen functional groups attached to an aromatic ring is 1. The van der Waals surface area contributed by atoms with Crippen molar-refractivity contribution in [2.24, 2.45) is 16.7 Å². The van der Waals surface area contributed by atoms with Gasteiger partial charge in [-0.3, -0.25) is 4.79 Å². The number of anilines is 1.